The Morgan fingerprint density at radius 2 is 1.89 bits per heavy atom. The Morgan fingerprint density at radius 3 is 2.57 bits per heavy atom. The molecule has 2 amide bonds. The van der Waals surface area contributed by atoms with E-state index >= 15 is 0 Å². The number of esters is 1. The van der Waals surface area contributed by atoms with Crippen LogP contribution in [0.5, 0.6) is 0 Å². The van der Waals surface area contributed by atoms with Gasteiger partial charge in [-0.2, -0.15) is 0 Å². The highest BCUT2D eigenvalue weighted by Gasteiger charge is 2.29. The van der Waals surface area contributed by atoms with Gasteiger partial charge in [-0.3, -0.25) is 19.1 Å². The SMILES string of the molecule is CCCCn1c(=O)[nH]c(=O)c2c1nc(COC(=O)C1CCN(C(=O)Nc3ccccc3)CC1)n2C. The molecule has 1 fully saturated rings. The summed E-state index contributed by atoms with van der Waals surface area (Å²) >= 11 is 0. The predicted molar refractivity (Wildman–Crippen MR) is 130 cm³/mol. The van der Waals surface area contributed by atoms with Crippen LogP contribution in [0.3, 0.4) is 0 Å². The highest BCUT2D eigenvalue weighted by Crippen LogP contribution is 2.21. The third-order valence-electron chi connectivity index (χ3n) is 6.33. The number of para-hydroxylation sites is 1. The summed E-state index contributed by atoms with van der Waals surface area (Å²) in [5.74, 6) is -0.302. The number of carbonyl (C=O) groups excluding carboxylic acids is 2. The van der Waals surface area contributed by atoms with Gasteiger partial charge in [0.15, 0.2) is 11.2 Å². The van der Waals surface area contributed by atoms with Crippen LogP contribution in [0.4, 0.5) is 10.5 Å². The number of fused-ring (bicyclic) bond motifs is 1. The third kappa shape index (κ3) is 5.28. The summed E-state index contributed by atoms with van der Waals surface area (Å²) in [5, 5.41) is 2.85. The standard InChI is InChI=1S/C24H30N6O5/c1-3-4-12-30-20-19(21(31)27-24(30)34)28(2)18(26-20)15-35-22(32)16-10-13-29(14-11-16)23(33)25-17-8-6-5-7-9-17/h5-9,16H,3-4,10-15H2,1-2H3,(H,25,33)(H,27,31,34). The number of anilines is 1. The zero-order chi connectivity index (χ0) is 24.9. The van der Waals surface area contributed by atoms with Crippen molar-refractivity contribution in [3.8, 4) is 0 Å². The first-order chi connectivity index (χ1) is 16.9. The Morgan fingerprint density at radius 1 is 1.17 bits per heavy atom. The number of nitrogens with one attached hydrogen (secondary N) is 2. The number of hydrogen-bond acceptors (Lipinski definition) is 6. The fourth-order valence-electron chi connectivity index (χ4n) is 4.24. The molecule has 0 spiro atoms. The van der Waals surface area contributed by atoms with Crippen molar-refractivity contribution in [2.75, 3.05) is 18.4 Å². The van der Waals surface area contributed by atoms with Crippen LogP contribution in [-0.2, 0) is 29.7 Å². The number of piperidine rings is 1. The molecule has 3 heterocycles. The number of aryl methyl sites for hydroxylation is 2. The highest BCUT2D eigenvalue weighted by molar-refractivity contribution is 5.89. The first-order valence-electron chi connectivity index (χ1n) is 11.8. The second-order valence-electron chi connectivity index (χ2n) is 8.69. The molecule has 11 nitrogen and oxygen atoms in total. The minimum atomic E-state index is -0.522. The summed E-state index contributed by atoms with van der Waals surface area (Å²) < 4.78 is 8.52. The van der Waals surface area contributed by atoms with Gasteiger partial charge in [-0.05, 0) is 31.4 Å². The second kappa shape index (κ2) is 10.6. The van der Waals surface area contributed by atoms with Gasteiger partial charge in [0.05, 0.1) is 5.92 Å². The number of unbranched alkanes of at least 4 members (excludes halogenated alkanes) is 1. The molecule has 4 rings (SSSR count). The van der Waals surface area contributed by atoms with Gasteiger partial charge in [-0.25, -0.2) is 14.6 Å². The van der Waals surface area contributed by atoms with E-state index < -0.39 is 11.2 Å². The van der Waals surface area contributed by atoms with Crippen LogP contribution >= 0.6 is 0 Å². The average Bonchev–Trinajstić information content (AvgIpc) is 3.19. The fourth-order valence-corrected chi connectivity index (χ4v) is 4.24. The number of rotatable bonds is 7. The minimum Gasteiger partial charge on any atom is -0.457 e. The first kappa shape index (κ1) is 24.2. The average molecular weight is 483 g/mol. The minimum absolute atomic E-state index is 0.111. The van der Waals surface area contributed by atoms with E-state index in [2.05, 4.69) is 15.3 Å². The molecule has 1 saturated heterocycles. The quantitative estimate of drug-likeness (QED) is 0.497. The van der Waals surface area contributed by atoms with E-state index in [1.54, 1.807) is 16.5 Å². The number of aromatic amines is 1. The summed E-state index contributed by atoms with van der Waals surface area (Å²) in [6.07, 6.45) is 2.65. The normalized spacial score (nSPS) is 14.3. The van der Waals surface area contributed by atoms with E-state index in [1.165, 1.54) is 4.57 Å². The van der Waals surface area contributed by atoms with Crippen LogP contribution in [-0.4, -0.2) is 49.1 Å². The Hall–Kier alpha value is -3.89. The van der Waals surface area contributed by atoms with Gasteiger partial charge in [0.2, 0.25) is 0 Å². The molecule has 0 radical (unpaired) electrons. The van der Waals surface area contributed by atoms with Crippen molar-refractivity contribution in [1.82, 2.24) is 24.0 Å². The number of nitrogens with zero attached hydrogens (tertiary/aromatic N) is 4. The maximum Gasteiger partial charge on any atom is 0.330 e. The van der Waals surface area contributed by atoms with Crippen LogP contribution < -0.4 is 16.6 Å². The van der Waals surface area contributed by atoms with Crippen molar-refractivity contribution >= 4 is 28.9 Å². The lowest BCUT2D eigenvalue weighted by atomic mass is 9.97. The van der Waals surface area contributed by atoms with E-state index in [1.807, 2.05) is 37.3 Å². The number of imidazole rings is 1. The summed E-state index contributed by atoms with van der Waals surface area (Å²) in [4.78, 5) is 58.3. The van der Waals surface area contributed by atoms with Gasteiger partial charge in [0, 0.05) is 32.4 Å². The Kier molecular flexibility index (Phi) is 7.33. The molecule has 0 atom stereocenters. The van der Waals surface area contributed by atoms with Crippen molar-refractivity contribution in [2.45, 2.75) is 45.8 Å². The summed E-state index contributed by atoms with van der Waals surface area (Å²) in [6, 6.07) is 9.03. The molecule has 1 aromatic carbocycles. The number of amides is 2. The van der Waals surface area contributed by atoms with Crippen LogP contribution in [0.25, 0.3) is 11.2 Å². The van der Waals surface area contributed by atoms with Crippen molar-refractivity contribution in [1.29, 1.82) is 0 Å². The summed E-state index contributed by atoms with van der Waals surface area (Å²) in [7, 11) is 1.66. The molecule has 0 aliphatic carbocycles. The smallest absolute Gasteiger partial charge is 0.330 e. The molecule has 1 aliphatic heterocycles. The molecule has 2 N–H and O–H groups in total. The van der Waals surface area contributed by atoms with Crippen molar-refractivity contribution in [3.05, 3.63) is 57.0 Å². The lowest BCUT2D eigenvalue weighted by molar-refractivity contribution is -0.151. The Bertz CT molecular complexity index is 1320. The number of aromatic nitrogens is 4. The molecule has 1 aliphatic rings. The number of urea groups is 1. The lowest BCUT2D eigenvalue weighted by Crippen LogP contribution is -2.42. The van der Waals surface area contributed by atoms with E-state index in [4.69, 9.17) is 4.74 Å². The number of benzene rings is 1. The van der Waals surface area contributed by atoms with Crippen LogP contribution in [0.15, 0.2) is 39.9 Å². The van der Waals surface area contributed by atoms with E-state index in [9.17, 15) is 19.2 Å². The molecule has 0 bridgehead atoms. The largest absolute Gasteiger partial charge is 0.457 e. The number of likely N-dealkylation sites (tertiary alicyclic amines) is 1. The molecule has 2 aromatic heterocycles. The molecule has 3 aromatic rings. The summed E-state index contributed by atoms with van der Waals surface area (Å²) in [6.45, 7) is 3.24. The van der Waals surface area contributed by atoms with Gasteiger partial charge in [-0.1, -0.05) is 31.5 Å². The Labute approximate surface area is 201 Å². The zero-order valence-corrected chi connectivity index (χ0v) is 20.0. The van der Waals surface area contributed by atoms with Crippen LogP contribution in [0, 0.1) is 5.92 Å². The van der Waals surface area contributed by atoms with E-state index in [0.29, 0.717) is 43.9 Å². The molecular weight excluding hydrogens is 452 g/mol. The lowest BCUT2D eigenvalue weighted by Gasteiger charge is -2.30. The van der Waals surface area contributed by atoms with Crippen LogP contribution in [0.2, 0.25) is 0 Å². The van der Waals surface area contributed by atoms with E-state index in [0.717, 1.165) is 18.5 Å². The number of H-pyrrole nitrogens is 1. The van der Waals surface area contributed by atoms with Gasteiger partial charge in [-0.15, -0.1) is 0 Å². The number of ether oxygens (including phenoxy) is 1. The molecule has 0 saturated carbocycles. The first-order valence-corrected chi connectivity index (χ1v) is 11.8. The topological polar surface area (TPSA) is 131 Å². The third-order valence-corrected chi connectivity index (χ3v) is 6.33. The predicted octanol–water partition coefficient (Wildman–Crippen LogP) is 2.21. The van der Waals surface area contributed by atoms with Crippen molar-refractivity contribution < 1.29 is 14.3 Å². The molecule has 186 valence electrons. The maximum atomic E-state index is 12.7. The maximum absolute atomic E-state index is 12.7. The second-order valence-corrected chi connectivity index (χ2v) is 8.69. The monoisotopic (exact) mass is 482 g/mol. The van der Waals surface area contributed by atoms with E-state index in [-0.39, 0.29) is 30.0 Å². The van der Waals surface area contributed by atoms with Gasteiger partial charge in [0.25, 0.3) is 5.56 Å². The molecular formula is C24H30N6O5. The molecule has 35 heavy (non-hydrogen) atoms. The molecule has 0 unspecified atom stereocenters. The van der Waals surface area contributed by atoms with Crippen LogP contribution in [0.1, 0.15) is 38.4 Å². The Balaban J connectivity index is 1.36. The van der Waals surface area contributed by atoms with Crippen molar-refractivity contribution in [2.24, 2.45) is 13.0 Å². The van der Waals surface area contributed by atoms with Gasteiger partial charge in [0.1, 0.15) is 12.4 Å². The number of carbonyl (C=O) groups is 2. The summed E-state index contributed by atoms with van der Waals surface area (Å²) in [5.41, 5.74) is 0.260. The zero-order valence-electron chi connectivity index (χ0n) is 20.0. The number of hydrogen-bond donors (Lipinski definition) is 2. The molecule has 11 heteroatoms. The highest BCUT2D eigenvalue weighted by atomic mass is 16.5. The van der Waals surface area contributed by atoms with Gasteiger partial charge < -0.3 is 19.5 Å². The van der Waals surface area contributed by atoms with Gasteiger partial charge >= 0.3 is 17.7 Å². The van der Waals surface area contributed by atoms with Crippen molar-refractivity contribution in [3.63, 3.8) is 0 Å². The fraction of sp³-hybridized carbons (Fsp3) is 0.458.